The normalized spacial score (nSPS) is 18.5. The number of hydrogen-bond acceptors (Lipinski definition) is 5. The summed E-state index contributed by atoms with van der Waals surface area (Å²) in [6.07, 6.45) is 4.91. The van der Waals surface area contributed by atoms with Crippen LogP contribution in [0.25, 0.3) is 0 Å². The van der Waals surface area contributed by atoms with Crippen molar-refractivity contribution >= 4 is 38.7 Å². The Morgan fingerprint density at radius 2 is 2.03 bits per heavy atom. The number of sulfonamides is 1. The second-order valence-electron chi connectivity index (χ2n) is 7.47. The van der Waals surface area contributed by atoms with Crippen molar-refractivity contribution in [2.24, 2.45) is 0 Å². The second-order valence-corrected chi connectivity index (χ2v) is 9.61. The zero-order valence-electron chi connectivity index (χ0n) is 18.0. The maximum absolute atomic E-state index is 11.9. The number of pyridine rings is 1. The fourth-order valence-corrected chi connectivity index (χ4v) is 4.95. The van der Waals surface area contributed by atoms with Crippen molar-refractivity contribution in [3.63, 3.8) is 0 Å². The van der Waals surface area contributed by atoms with E-state index in [1.54, 1.807) is 18.3 Å². The maximum Gasteiger partial charge on any atom is 0.229 e. The Bertz CT molecular complexity index is 1230. The monoisotopic (exact) mass is 471 g/mol. The van der Waals surface area contributed by atoms with E-state index in [4.69, 9.17) is 17.0 Å². The minimum Gasteiger partial charge on any atom is -0.495 e. The van der Waals surface area contributed by atoms with Gasteiger partial charge in [-0.1, -0.05) is 6.07 Å². The predicted octanol–water partition coefficient (Wildman–Crippen LogP) is 3.46. The number of rotatable bonds is 7. The number of benzene rings is 1. The number of hydrogen-bond donors (Lipinski definition) is 2. The molecule has 0 spiro atoms. The van der Waals surface area contributed by atoms with Gasteiger partial charge in [0.25, 0.3) is 0 Å². The fourth-order valence-electron chi connectivity index (χ4n) is 4.04. The molecule has 0 bridgehead atoms. The fraction of sp³-hybridized carbons (Fsp3) is 0.273. The van der Waals surface area contributed by atoms with Crippen LogP contribution in [0.15, 0.2) is 60.9 Å². The van der Waals surface area contributed by atoms with Gasteiger partial charge in [0.15, 0.2) is 5.11 Å². The second kappa shape index (κ2) is 8.79. The van der Waals surface area contributed by atoms with Crippen LogP contribution in [0.2, 0.25) is 0 Å². The number of methoxy groups -OCH3 is 1. The van der Waals surface area contributed by atoms with Gasteiger partial charge in [0.05, 0.1) is 30.8 Å². The zero-order chi connectivity index (χ0) is 22.9. The molecule has 32 heavy (non-hydrogen) atoms. The Morgan fingerprint density at radius 3 is 2.69 bits per heavy atom. The van der Waals surface area contributed by atoms with Gasteiger partial charge in [-0.05, 0) is 61.6 Å². The molecule has 0 aliphatic carbocycles. The molecule has 1 aliphatic rings. The maximum atomic E-state index is 11.9. The molecule has 3 heterocycles. The first-order valence-electron chi connectivity index (χ1n) is 10.1. The Labute approximate surface area is 193 Å². The number of aromatic nitrogens is 2. The summed E-state index contributed by atoms with van der Waals surface area (Å²) in [6, 6.07) is 14.9. The molecule has 3 aromatic rings. The molecule has 4 rings (SSSR count). The number of nitrogens with one attached hydrogen (secondary N) is 2. The minimum absolute atomic E-state index is 0.183. The molecule has 0 radical (unpaired) electrons. The van der Waals surface area contributed by atoms with Crippen LogP contribution < -0.4 is 19.7 Å². The SMILES string of the molecule is CCn1cccc1[C@@H]1[C@H](c2ccccn2)NC(=S)N1c1ccc(OC)c(NS(C)(=O)=O)c1. The van der Waals surface area contributed by atoms with E-state index in [2.05, 4.69) is 32.6 Å². The van der Waals surface area contributed by atoms with Crippen molar-refractivity contribution < 1.29 is 13.2 Å². The first-order chi connectivity index (χ1) is 15.3. The van der Waals surface area contributed by atoms with E-state index in [0.717, 1.165) is 29.9 Å². The Morgan fingerprint density at radius 1 is 1.22 bits per heavy atom. The lowest BCUT2D eigenvalue weighted by Crippen LogP contribution is -2.30. The van der Waals surface area contributed by atoms with E-state index in [1.165, 1.54) is 7.11 Å². The Balaban J connectivity index is 1.85. The number of aryl methyl sites for hydroxylation is 1. The van der Waals surface area contributed by atoms with E-state index >= 15 is 0 Å². The van der Waals surface area contributed by atoms with E-state index in [-0.39, 0.29) is 12.1 Å². The molecular formula is C22H25N5O3S2. The summed E-state index contributed by atoms with van der Waals surface area (Å²) in [5.74, 6) is 0.423. The summed E-state index contributed by atoms with van der Waals surface area (Å²) in [7, 11) is -2.00. The van der Waals surface area contributed by atoms with Crippen LogP contribution in [0.4, 0.5) is 11.4 Å². The molecule has 1 aliphatic heterocycles. The van der Waals surface area contributed by atoms with Crippen LogP contribution in [0.3, 0.4) is 0 Å². The van der Waals surface area contributed by atoms with E-state index in [0.29, 0.717) is 16.5 Å². The van der Waals surface area contributed by atoms with Crippen molar-refractivity contribution in [2.45, 2.75) is 25.6 Å². The highest BCUT2D eigenvalue weighted by molar-refractivity contribution is 7.92. The molecule has 0 amide bonds. The first kappa shape index (κ1) is 22.1. The quantitative estimate of drug-likeness (QED) is 0.510. The highest BCUT2D eigenvalue weighted by atomic mass is 32.2. The third-order valence-electron chi connectivity index (χ3n) is 5.36. The summed E-state index contributed by atoms with van der Waals surface area (Å²) in [4.78, 5) is 6.57. The molecule has 1 aromatic carbocycles. The average molecular weight is 472 g/mol. The summed E-state index contributed by atoms with van der Waals surface area (Å²) < 4.78 is 33.9. The minimum atomic E-state index is -3.50. The predicted molar refractivity (Wildman–Crippen MR) is 129 cm³/mol. The molecule has 1 saturated heterocycles. The van der Waals surface area contributed by atoms with E-state index in [1.807, 2.05) is 41.4 Å². The molecule has 0 saturated carbocycles. The molecule has 8 nitrogen and oxygen atoms in total. The van der Waals surface area contributed by atoms with E-state index in [9.17, 15) is 8.42 Å². The lowest BCUT2D eigenvalue weighted by Gasteiger charge is -2.29. The number of nitrogens with zero attached hydrogens (tertiary/aromatic N) is 3. The van der Waals surface area contributed by atoms with Gasteiger partial charge in [-0.15, -0.1) is 0 Å². The molecule has 2 aromatic heterocycles. The topological polar surface area (TPSA) is 88.5 Å². The van der Waals surface area contributed by atoms with Gasteiger partial charge in [-0.3, -0.25) is 9.71 Å². The first-order valence-corrected chi connectivity index (χ1v) is 12.4. The van der Waals surface area contributed by atoms with Crippen molar-refractivity contribution in [2.75, 3.05) is 23.0 Å². The Hall–Kier alpha value is -3.11. The zero-order valence-corrected chi connectivity index (χ0v) is 19.7. The van der Waals surface area contributed by atoms with Crippen LogP contribution in [-0.4, -0.2) is 36.4 Å². The molecule has 0 unspecified atom stereocenters. The lowest BCUT2D eigenvalue weighted by molar-refractivity contribution is 0.417. The smallest absolute Gasteiger partial charge is 0.229 e. The largest absolute Gasteiger partial charge is 0.495 e. The number of anilines is 2. The summed E-state index contributed by atoms with van der Waals surface area (Å²) >= 11 is 5.75. The van der Waals surface area contributed by atoms with Crippen LogP contribution in [-0.2, 0) is 16.6 Å². The standard InChI is InChI=1S/C22H25N5O3S2/c1-4-26-13-7-9-18(26)21-20(16-8-5-6-12-23-16)24-22(31)27(21)15-10-11-19(30-2)17(14-15)25-32(3,28)29/h5-14,20-21,25H,4H2,1-3H3,(H,24,31)/t20-,21+/m0/s1. The van der Waals surface area contributed by atoms with Gasteiger partial charge >= 0.3 is 0 Å². The van der Waals surface area contributed by atoms with Crippen LogP contribution in [0.5, 0.6) is 5.75 Å². The molecule has 2 N–H and O–H groups in total. The van der Waals surface area contributed by atoms with Gasteiger partial charge in [0.2, 0.25) is 10.0 Å². The van der Waals surface area contributed by atoms with E-state index < -0.39 is 10.0 Å². The molecule has 2 atom stereocenters. The number of ether oxygens (including phenoxy) is 1. The lowest BCUT2D eigenvalue weighted by atomic mass is 10.0. The number of thiocarbonyl (C=S) groups is 1. The summed E-state index contributed by atoms with van der Waals surface area (Å²) in [5, 5.41) is 3.95. The third-order valence-corrected chi connectivity index (χ3v) is 6.27. The molecule has 10 heteroatoms. The van der Waals surface area contributed by atoms with Crippen molar-refractivity contribution in [3.05, 3.63) is 72.3 Å². The highest BCUT2D eigenvalue weighted by Crippen LogP contribution is 2.43. The van der Waals surface area contributed by atoms with Crippen LogP contribution in [0.1, 0.15) is 30.4 Å². The van der Waals surface area contributed by atoms with Gasteiger partial charge in [-0.2, -0.15) is 0 Å². The third kappa shape index (κ3) is 4.28. The molecule has 168 valence electrons. The van der Waals surface area contributed by atoms with Gasteiger partial charge in [0, 0.05) is 30.3 Å². The Kier molecular flexibility index (Phi) is 6.07. The van der Waals surface area contributed by atoms with Crippen molar-refractivity contribution in [3.8, 4) is 5.75 Å². The van der Waals surface area contributed by atoms with Gasteiger partial charge < -0.3 is 19.5 Å². The average Bonchev–Trinajstić information content (AvgIpc) is 3.36. The molecular weight excluding hydrogens is 446 g/mol. The van der Waals surface area contributed by atoms with Crippen LogP contribution in [0, 0.1) is 0 Å². The highest BCUT2D eigenvalue weighted by Gasteiger charge is 2.42. The summed E-state index contributed by atoms with van der Waals surface area (Å²) in [6.45, 7) is 2.89. The summed E-state index contributed by atoms with van der Waals surface area (Å²) in [5.41, 5.74) is 3.03. The van der Waals surface area contributed by atoms with Crippen molar-refractivity contribution in [1.82, 2.24) is 14.9 Å². The van der Waals surface area contributed by atoms with Crippen LogP contribution >= 0.6 is 12.2 Å². The van der Waals surface area contributed by atoms with Gasteiger partial charge in [-0.25, -0.2) is 8.42 Å². The van der Waals surface area contributed by atoms with Crippen molar-refractivity contribution in [1.29, 1.82) is 0 Å². The molecule has 1 fully saturated rings. The van der Waals surface area contributed by atoms with Gasteiger partial charge in [0.1, 0.15) is 11.8 Å².